The van der Waals surface area contributed by atoms with Crippen LogP contribution in [0.2, 0.25) is 0 Å². The number of hydrogen-bond donors (Lipinski definition) is 1. The van der Waals surface area contributed by atoms with Gasteiger partial charge in [-0.3, -0.25) is 0 Å². The van der Waals surface area contributed by atoms with Crippen molar-refractivity contribution in [1.29, 1.82) is 0 Å². The van der Waals surface area contributed by atoms with Crippen LogP contribution in [0.1, 0.15) is 18.2 Å². The largest absolute Gasteiger partial charge is 0.393 e. The zero-order chi connectivity index (χ0) is 11.0. The number of benzene rings is 1. The first-order valence-electron chi connectivity index (χ1n) is 5.31. The van der Waals surface area contributed by atoms with Gasteiger partial charge in [0, 0.05) is 23.6 Å². The highest BCUT2D eigenvalue weighted by atomic mass is 16.3. The van der Waals surface area contributed by atoms with E-state index in [9.17, 15) is 5.11 Å². The predicted molar refractivity (Wildman–Crippen MR) is 63.0 cm³/mol. The van der Waals surface area contributed by atoms with Crippen molar-refractivity contribution >= 4 is 10.9 Å². The molecule has 2 rings (SSSR count). The lowest BCUT2D eigenvalue weighted by molar-refractivity contribution is 0.195. The Kier molecular flexibility index (Phi) is 2.53. The number of aryl methyl sites for hydroxylation is 2. The summed E-state index contributed by atoms with van der Waals surface area (Å²) in [4.78, 5) is 0. The molecule has 80 valence electrons. The fraction of sp³-hybridized carbons (Fsp3) is 0.385. The second kappa shape index (κ2) is 3.70. The van der Waals surface area contributed by atoms with E-state index in [0.717, 1.165) is 6.42 Å². The van der Waals surface area contributed by atoms with Crippen LogP contribution < -0.4 is 0 Å². The summed E-state index contributed by atoms with van der Waals surface area (Å²) in [5, 5.41) is 10.6. The van der Waals surface area contributed by atoms with Gasteiger partial charge in [-0.15, -0.1) is 0 Å². The van der Waals surface area contributed by atoms with Crippen molar-refractivity contribution in [2.24, 2.45) is 7.05 Å². The quantitative estimate of drug-likeness (QED) is 0.796. The summed E-state index contributed by atoms with van der Waals surface area (Å²) < 4.78 is 2.18. The standard InChI is InChI=1S/C13H17NO/c1-9-6-12-8-11(7-10(2)15)4-5-13(12)14(9)3/h4-6,8,10,15H,7H2,1-3H3. The van der Waals surface area contributed by atoms with Crippen molar-refractivity contribution in [3.05, 3.63) is 35.5 Å². The van der Waals surface area contributed by atoms with Crippen LogP contribution in [0.4, 0.5) is 0 Å². The molecule has 0 aliphatic rings. The monoisotopic (exact) mass is 203 g/mol. The second-order valence-electron chi connectivity index (χ2n) is 4.29. The molecular weight excluding hydrogens is 186 g/mol. The van der Waals surface area contributed by atoms with Crippen LogP contribution in [-0.2, 0) is 13.5 Å². The van der Waals surface area contributed by atoms with Gasteiger partial charge in [0.25, 0.3) is 0 Å². The van der Waals surface area contributed by atoms with Gasteiger partial charge in [-0.05, 0) is 44.0 Å². The van der Waals surface area contributed by atoms with E-state index in [1.807, 2.05) is 6.92 Å². The molecule has 2 nitrogen and oxygen atoms in total. The highest BCUT2D eigenvalue weighted by Crippen LogP contribution is 2.20. The molecule has 0 saturated carbocycles. The first-order valence-corrected chi connectivity index (χ1v) is 5.31. The molecule has 0 spiro atoms. The third-order valence-electron chi connectivity index (χ3n) is 2.88. The Labute approximate surface area is 90.2 Å². The van der Waals surface area contributed by atoms with Crippen molar-refractivity contribution in [3.63, 3.8) is 0 Å². The van der Waals surface area contributed by atoms with E-state index in [1.54, 1.807) is 0 Å². The van der Waals surface area contributed by atoms with Gasteiger partial charge in [-0.1, -0.05) is 6.07 Å². The third-order valence-corrected chi connectivity index (χ3v) is 2.88. The van der Waals surface area contributed by atoms with Crippen LogP contribution in [0, 0.1) is 6.92 Å². The van der Waals surface area contributed by atoms with E-state index in [-0.39, 0.29) is 6.10 Å². The first-order chi connectivity index (χ1) is 7.08. The molecular formula is C13H17NO. The summed E-state index contributed by atoms with van der Waals surface area (Å²) in [5.74, 6) is 0. The minimum absolute atomic E-state index is 0.271. The molecule has 0 amide bonds. The Hall–Kier alpha value is -1.28. The SMILES string of the molecule is Cc1cc2cc(CC(C)O)ccc2n1C. The summed E-state index contributed by atoms with van der Waals surface area (Å²) in [6.07, 6.45) is 0.455. The molecule has 1 N–H and O–H groups in total. The van der Waals surface area contributed by atoms with Crippen LogP contribution in [0.5, 0.6) is 0 Å². The molecule has 1 heterocycles. The molecule has 0 bridgehead atoms. The van der Waals surface area contributed by atoms with Crippen LogP contribution in [0.25, 0.3) is 10.9 Å². The number of hydrogen-bond acceptors (Lipinski definition) is 1. The molecule has 2 aromatic rings. The molecule has 15 heavy (non-hydrogen) atoms. The van der Waals surface area contributed by atoms with E-state index < -0.39 is 0 Å². The van der Waals surface area contributed by atoms with Crippen molar-refractivity contribution in [2.45, 2.75) is 26.4 Å². The van der Waals surface area contributed by atoms with Gasteiger partial charge in [-0.2, -0.15) is 0 Å². The fourth-order valence-electron chi connectivity index (χ4n) is 2.00. The smallest absolute Gasteiger partial charge is 0.0552 e. The lowest BCUT2D eigenvalue weighted by Gasteiger charge is -2.05. The van der Waals surface area contributed by atoms with Crippen molar-refractivity contribution < 1.29 is 5.11 Å². The maximum absolute atomic E-state index is 9.33. The lowest BCUT2D eigenvalue weighted by atomic mass is 10.1. The average Bonchev–Trinajstić information content (AvgIpc) is 2.41. The van der Waals surface area contributed by atoms with Crippen molar-refractivity contribution in [2.75, 3.05) is 0 Å². The third kappa shape index (κ3) is 1.90. The highest BCUT2D eigenvalue weighted by molar-refractivity contribution is 5.82. The van der Waals surface area contributed by atoms with Crippen LogP contribution in [-0.4, -0.2) is 15.8 Å². The summed E-state index contributed by atoms with van der Waals surface area (Å²) >= 11 is 0. The lowest BCUT2D eigenvalue weighted by Crippen LogP contribution is -2.03. The Morgan fingerprint density at radius 1 is 1.33 bits per heavy atom. The Balaban J connectivity index is 2.47. The van der Waals surface area contributed by atoms with Crippen molar-refractivity contribution in [1.82, 2.24) is 4.57 Å². The number of fused-ring (bicyclic) bond motifs is 1. The minimum atomic E-state index is -0.271. The second-order valence-corrected chi connectivity index (χ2v) is 4.29. The predicted octanol–water partition coefficient (Wildman–Crippen LogP) is 2.41. The molecule has 1 unspecified atom stereocenters. The van der Waals surface area contributed by atoms with E-state index >= 15 is 0 Å². The topological polar surface area (TPSA) is 25.2 Å². The van der Waals surface area contributed by atoms with Gasteiger partial charge in [0.05, 0.1) is 6.10 Å². The molecule has 0 aliphatic carbocycles. The van der Waals surface area contributed by atoms with E-state index in [2.05, 4.69) is 42.8 Å². The zero-order valence-corrected chi connectivity index (χ0v) is 9.49. The maximum atomic E-state index is 9.33. The fourth-order valence-corrected chi connectivity index (χ4v) is 2.00. The molecule has 0 radical (unpaired) electrons. The minimum Gasteiger partial charge on any atom is -0.393 e. The molecule has 1 aromatic heterocycles. The number of rotatable bonds is 2. The Morgan fingerprint density at radius 3 is 2.73 bits per heavy atom. The molecule has 0 aliphatic heterocycles. The number of aromatic nitrogens is 1. The molecule has 1 atom stereocenters. The Morgan fingerprint density at radius 2 is 2.07 bits per heavy atom. The summed E-state index contributed by atoms with van der Waals surface area (Å²) in [6.45, 7) is 3.93. The molecule has 0 saturated heterocycles. The van der Waals surface area contributed by atoms with Crippen molar-refractivity contribution in [3.8, 4) is 0 Å². The van der Waals surface area contributed by atoms with Gasteiger partial charge in [-0.25, -0.2) is 0 Å². The van der Waals surface area contributed by atoms with Gasteiger partial charge < -0.3 is 9.67 Å². The van der Waals surface area contributed by atoms with E-state index in [4.69, 9.17) is 0 Å². The van der Waals surface area contributed by atoms with Gasteiger partial charge in [0.15, 0.2) is 0 Å². The average molecular weight is 203 g/mol. The van der Waals surface area contributed by atoms with E-state index in [0.29, 0.717) is 0 Å². The number of nitrogens with zero attached hydrogens (tertiary/aromatic N) is 1. The first kappa shape index (κ1) is 10.2. The number of aliphatic hydroxyl groups excluding tert-OH is 1. The van der Waals surface area contributed by atoms with Gasteiger partial charge in [0.2, 0.25) is 0 Å². The summed E-state index contributed by atoms with van der Waals surface area (Å²) in [5.41, 5.74) is 3.71. The normalized spacial score (nSPS) is 13.3. The number of aliphatic hydroxyl groups is 1. The van der Waals surface area contributed by atoms with Crippen LogP contribution in [0.15, 0.2) is 24.3 Å². The highest BCUT2D eigenvalue weighted by Gasteiger charge is 2.04. The molecule has 1 aromatic carbocycles. The van der Waals surface area contributed by atoms with E-state index in [1.165, 1.54) is 22.2 Å². The zero-order valence-electron chi connectivity index (χ0n) is 9.49. The summed E-state index contributed by atoms with van der Waals surface area (Å²) in [6, 6.07) is 8.56. The van der Waals surface area contributed by atoms with Crippen LogP contribution in [0.3, 0.4) is 0 Å². The summed E-state index contributed by atoms with van der Waals surface area (Å²) in [7, 11) is 2.08. The maximum Gasteiger partial charge on any atom is 0.0552 e. The van der Waals surface area contributed by atoms with Gasteiger partial charge >= 0.3 is 0 Å². The van der Waals surface area contributed by atoms with Crippen LogP contribution >= 0.6 is 0 Å². The molecule has 0 fully saturated rings. The van der Waals surface area contributed by atoms with Gasteiger partial charge in [0.1, 0.15) is 0 Å². The molecule has 2 heteroatoms. The Bertz CT molecular complexity index is 482.